The topological polar surface area (TPSA) is 0 Å². The molecule has 1 unspecified atom stereocenters. The standard InChI is InChI=1S/C23H44S/c1-8-22(4,5)21-14-12-20(13-15-21)19(3)17-18(2)11-9-10-16-23(6,7)24/h19-21,24H,2,8-17H2,1,3-7H3. The second-order valence-corrected chi connectivity index (χ2v) is 11.1. The van der Waals surface area contributed by atoms with Gasteiger partial charge in [-0.2, -0.15) is 12.6 Å². The number of thiol groups is 1. The van der Waals surface area contributed by atoms with Crippen LogP contribution in [0.4, 0.5) is 0 Å². The quantitative estimate of drug-likeness (QED) is 0.229. The lowest BCUT2D eigenvalue weighted by atomic mass is 9.65. The molecule has 0 amide bonds. The van der Waals surface area contributed by atoms with Gasteiger partial charge in [-0.3, -0.25) is 0 Å². The van der Waals surface area contributed by atoms with Crippen LogP contribution >= 0.6 is 12.6 Å². The van der Waals surface area contributed by atoms with Gasteiger partial charge in [-0.1, -0.05) is 66.5 Å². The molecule has 0 radical (unpaired) electrons. The lowest BCUT2D eigenvalue weighted by molar-refractivity contribution is 0.110. The first-order valence-corrected chi connectivity index (χ1v) is 10.9. The van der Waals surface area contributed by atoms with Crippen molar-refractivity contribution < 1.29 is 0 Å². The molecule has 0 N–H and O–H groups in total. The summed E-state index contributed by atoms with van der Waals surface area (Å²) < 4.78 is 0.180. The summed E-state index contributed by atoms with van der Waals surface area (Å²) in [5.41, 5.74) is 2.02. The minimum atomic E-state index is 0.180. The van der Waals surface area contributed by atoms with Crippen molar-refractivity contribution in [2.45, 2.75) is 110 Å². The van der Waals surface area contributed by atoms with Crippen LogP contribution in [0.5, 0.6) is 0 Å². The van der Waals surface area contributed by atoms with E-state index in [-0.39, 0.29) is 4.75 Å². The number of unbranched alkanes of at least 4 members (excludes halogenated alkanes) is 1. The lowest BCUT2D eigenvalue weighted by Crippen LogP contribution is -2.29. The second kappa shape index (κ2) is 9.70. The summed E-state index contributed by atoms with van der Waals surface area (Å²) in [6.07, 6.45) is 13.3. The number of allylic oxidation sites excluding steroid dienone is 1. The van der Waals surface area contributed by atoms with E-state index in [0.717, 1.165) is 17.8 Å². The third kappa shape index (κ3) is 7.98. The molecule has 0 aromatic heterocycles. The van der Waals surface area contributed by atoms with Crippen molar-refractivity contribution in [2.75, 3.05) is 0 Å². The zero-order valence-electron chi connectivity index (χ0n) is 17.5. The van der Waals surface area contributed by atoms with Crippen LogP contribution in [-0.2, 0) is 0 Å². The van der Waals surface area contributed by atoms with E-state index in [1.54, 1.807) is 0 Å². The Morgan fingerprint density at radius 1 is 1.08 bits per heavy atom. The number of hydrogen-bond acceptors (Lipinski definition) is 1. The molecule has 0 heterocycles. The van der Waals surface area contributed by atoms with Crippen LogP contribution in [-0.4, -0.2) is 4.75 Å². The molecule has 0 aliphatic heterocycles. The maximum absolute atomic E-state index is 4.62. The van der Waals surface area contributed by atoms with Crippen molar-refractivity contribution >= 4 is 12.6 Å². The SMILES string of the molecule is C=C(CCCCC(C)(C)S)CC(C)C1CCC(C(C)(C)CC)CC1. The predicted molar refractivity (Wildman–Crippen MR) is 114 cm³/mol. The molecular formula is C23H44S. The molecule has 1 heteroatoms. The van der Waals surface area contributed by atoms with Gasteiger partial charge in [0.05, 0.1) is 0 Å². The maximum Gasteiger partial charge on any atom is 0.00731 e. The Bertz CT molecular complexity index is 366. The van der Waals surface area contributed by atoms with Gasteiger partial charge >= 0.3 is 0 Å². The van der Waals surface area contributed by atoms with Crippen LogP contribution in [0, 0.1) is 23.2 Å². The molecule has 1 fully saturated rings. The Hall–Kier alpha value is 0.0900. The lowest BCUT2D eigenvalue weighted by Gasteiger charge is -2.40. The molecule has 1 aliphatic rings. The molecule has 0 aromatic rings. The predicted octanol–water partition coefficient (Wildman–Crippen LogP) is 8.08. The van der Waals surface area contributed by atoms with Gasteiger partial charge in [0.2, 0.25) is 0 Å². The highest BCUT2D eigenvalue weighted by Gasteiger charge is 2.33. The molecule has 0 bridgehead atoms. The third-order valence-electron chi connectivity index (χ3n) is 6.77. The van der Waals surface area contributed by atoms with E-state index in [1.165, 1.54) is 69.8 Å². The van der Waals surface area contributed by atoms with Gasteiger partial charge in [-0.15, -0.1) is 0 Å². The minimum Gasteiger partial charge on any atom is -0.173 e. The van der Waals surface area contributed by atoms with Crippen molar-refractivity contribution in [2.24, 2.45) is 23.2 Å². The molecule has 0 nitrogen and oxygen atoms in total. The van der Waals surface area contributed by atoms with Crippen LogP contribution in [0.2, 0.25) is 0 Å². The van der Waals surface area contributed by atoms with Gasteiger partial charge < -0.3 is 0 Å². The molecule has 0 spiro atoms. The molecule has 142 valence electrons. The maximum atomic E-state index is 4.62. The summed E-state index contributed by atoms with van der Waals surface area (Å²) >= 11 is 4.62. The zero-order chi connectivity index (χ0) is 18.4. The minimum absolute atomic E-state index is 0.180. The van der Waals surface area contributed by atoms with Gasteiger partial charge in [-0.05, 0) is 74.5 Å². The summed E-state index contributed by atoms with van der Waals surface area (Å²) in [5, 5.41) is 0. The second-order valence-electron chi connectivity index (χ2n) is 9.90. The van der Waals surface area contributed by atoms with Crippen molar-refractivity contribution in [3.05, 3.63) is 12.2 Å². The third-order valence-corrected chi connectivity index (χ3v) is 7.00. The Balaban J connectivity index is 2.26. The van der Waals surface area contributed by atoms with Gasteiger partial charge in [0.15, 0.2) is 0 Å². The first-order valence-electron chi connectivity index (χ1n) is 10.4. The first-order chi connectivity index (χ1) is 11.0. The largest absolute Gasteiger partial charge is 0.173 e. The van der Waals surface area contributed by atoms with Gasteiger partial charge in [0.1, 0.15) is 0 Å². The van der Waals surface area contributed by atoms with E-state index in [1.807, 2.05) is 0 Å². The molecule has 1 atom stereocenters. The Kier molecular flexibility index (Phi) is 8.94. The molecular weight excluding hydrogens is 308 g/mol. The number of rotatable bonds is 10. The molecule has 1 aliphatic carbocycles. The molecule has 0 saturated heterocycles. The Morgan fingerprint density at radius 3 is 2.17 bits per heavy atom. The van der Waals surface area contributed by atoms with E-state index >= 15 is 0 Å². The summed E-state index contributed by atoms with van der Waals surface area (Å²) in [4.78, 5) is 0. The zero-order valence-corrected chi connectivity index (χ0v) is 18.4. The summed E-state index contributed by atoms with van der Waals surface area (Å²) in [5.74, 6) is 2.70. The Morgan fingerprint density at radius 2 is 1.67 bits per heavy atom. The van der Waals surface area contributed by atoms with Crippen LogP contribution in [0.25, 0.3) is 0 Å². The van der Waals surface area contributed by atoms with Gasteiger partial charge in [0, 0.05) is 4.75 Å². The van der Waals surface area contributed by atoms with Gasteiger partial charge in [0.25, 0.3) is 0 Å². The molecule has 24 heavy (non-hydrogen) atoms. The summed E-state index contributed by atoms with van der Waals surface area (Å²) in [7, 11) is 0. The highest BCUT2D eigenvalue weighted by atomic mass is 32.1. The first kappa shape index (κ1) is 22.1. The van der Waals surface area contributed by atoms with Crippen molar-refractivity contribution in [3.8, 4) is 0 Å². The van der Waals surface area contributed by atoms with E-state index in [9.17, 15) is 0 Å². The van der Waals surface area contributed by atoms with Crippen LogP contribution in [0.15, 0.2) is 12.2 Å². The smallest absolute Gasteiger partial charge is 0.00731 e. The normalized spacial score (nSPS) is 24.0. The fourth-order valence-corrected chi connectivity index (χ4v) is 4.57. The highest BCUT2D eigenvalue weighted by Crippen LogP contribution is 2.44. The van der Waals surface area contributed by atoms with E-state index in [4.69, 9.17) is 0 Å². The fourth-order valence-electron chi connectivity index (χ4n) is 4.42. The van der Waals surface area contributed by atoms with E-state index < -0.39 is 0 Å². The molecule has 1 rings (SSSR count). The van der Waals surface area contributed by atoms with E-state index in [2.05, 4.69) is 60.8 Å². The van der Waals surface area contributed by atoms with Crippen molar-refractivity contribution in [1.29, 1.82) is 0 Å². The fraction of sp³-hybridized carbons (Fsp3) is 0.913. The van der Waals surface area contributed by atoms with Crippen LogP contribution in [0.1, 0.15) is 106 Å². The number of hydrogen-bond donors (Lipinski definition) is 1. The molecule has 1 saturated carbocycles. The van der Waals surface area contributed by atoms with Crippen molar-refractivity contribution in [3.63, 3.8) is 0 Å². The summed E-state index contributed by atoms with van der Waals surface area (Å²) in [6.45, 7) is 18.6. The molecule has 0 aromatic carbocycles. The summed E-state index contributed by atoms with van der Waals surface area (Å²) in [6, 6.07) is 0. The highest BCUT2D eigenvalue weighted by molar-refractivity contribution is 7.81. The monoisotopic (exact) mass is 352 g/mol. The average molecular weight is 353 g/mol. The average Bonchev–Trinajstić information content (AvgIpc) is 2.50. The van der Waals surface area contributed by atoms with Gasteiger partial charge in [-0.25, -0.2) is 0 Å². The van der Waals surface area contributed by atoms with Crippen LogP contribution in [0.3, 0.4) is 0 Å². The van der Waals surface area contributed by atoms with Crippen molar-refractivity contribution in [1.82, 2.24) is 0 Å². The Labute approximate surface area is 158 Å². The van der Waals surface area contributed by atoms with Crippen LogP contribution < -0.4 is 0 Å². The van der Waals surface area contributed by atoms with E-state index in [0.29, 0.717) is 5.41 Å².